The summed E-state index contributed by atoms with van der Waals surface area (Å²) in [6.45, 7) is 7.00. The first kappa shape index (κ1) is 28.3. The van der Waals surface area contributed by atoms with Gasteiger partial charge in [-0.2, -0.15) is 0 Å². The summed E-state index contributed by atoms with van der Waals surface area (Å²) in [5, 5.41) is 9.60. The van der Waals surface area contributed by atoms with Gasteiger partial charge in [-0.15, -0.1) is 0 Å². The molecule has 192 valence electrons. The van der Waals surface area contributed by atoms with Crippen LogP contribution in [0, 0.1) is 18.6 Å². The molecule has 0 spiro atoms. The first-order valence-electron chi connectivity index (χ1n) is 11.1. The highest BCUT2D eigenvalue weighted by Gasteiger charge is 2.34. The third-order valence-corrected chi connectivity index (χ3v) is 7.24. The molecular formula is C26H25BrCl2F2N2O3. The molecular weight excluding hydrogens is 577 g/mol. The Morgan fingerprint density at radius 3 is 2.39 bits per heavy atom. The van der Waals surface area contributed by atoms with Crippen molar-refractivity contribution in [1.82, 2.24) is 9.88 Å². The number of carboxylic acid groups (broad SMARTS) is 1. The zero-order valence-electron chi connectivity index (χ0n) is 20.1. The van der Waals surface area contributed by atoms with E-state index in [1.165, 1.54) is 4.90 Å². The van der Waals surface area contributed by atoms with E-state index in [1.807, 2.05) is 0 Å². The van der Waals surface area contributed by atoms with Gasteiger partial charge in [0.05, 0.1) is 16.1 Å². The SMILES string of the molecule is Cc1c(Cl)nc2ccc(Br)cc2c1C(=O)N(CC(CCC(=O)O)c1c(F)ccc(F)c1Cl)C(C)(C)C. The average Bonchev–Trinajstić information content (AvgIpc) is 2.77. The number of aromatic nitrogens is 1. The summed E-state index contributed by atoms with van der Waals surface area (Å²) >= 11 is 16.0. The molecule has 0 fully saturated rings. The number of carbonyl (C=O) groups excluding carboxylic acids is 1. The van der Waals surface area contributed by atoms with Gasteiger partial charge in [0, 0.05) is 39.8 Å². The van der Waals surface area contributed by atoms with Crippen LogP contribution in [0.1, 0.15) is 61.0 Å². The number of carbonyl (C=O) groups is 2. The minimum absolute atomic E-state index is 0.0579. The Labute approximate surface area is 226 Å². The molecule has 0 bridgehead atoms. The minimum Gasteiger partial charge on any atom is -0.481 e. The Kier molecular flexibility index (Phi) is 8.63. The van der Waals surface area contributed by atoms with Crippen LogP contribution in [-0.2, 0) is 4.79 Å². The molecule has 3 rings (SSSR count). The molecule has 1 N–H and O–H groups in total. The van der Waals surface area contributed by atoms with Crippen LogP contribution in [0.15, 0.2) is 34.8 Å². The number of pyridine rings is 1. The van der Waals surface area contributed by atoms with Gasteiger partial charge < -0.3 is 10.0 Å². The molecule has 0 saturated heterocycles. The molecule has 5 nitrogen and oxygen atoms in total. The summed E-state index contributed by atoms with van der Waals surface area (Å²) in [6, 6.07) is 7.15. The fraction of sp³-hybridized carbons (Fsp3) is 0.346. The second-order valence-electron chi connectivity index (χ2n) is 9.54. The molecule has 10 heteroatoms. The van der Waals surface area contributed by atoms with E-state index in [2.05, 4.69) is 20.9 Å². The highest BCUT2D eigenvalue weighted by atomic mass is 79.9. The Morgan fingerprint density at radius 2 is 1.78 bits per heavy atom. The Balaban J connectivity index is 2.18. The molecule has 36 heavy (non-hydrogen) atoms. The molecule has 1 amide bonds. The van der Waals surface area contributed by atoms with E-state index in [-0.39, 0.29) is 30.1 Å². The zero-order valence-corrected chi connectivity index (χ0v) is 23.2. The van der Waals surface area contributed by atoms with Crippen LogP contribution < -0.4 is 0 Å². The van der Waals surface area contributed by atoms with Crippen molar-refractivity contribution in [2.24, 2.45) is 0 Å². The molecule has 0 aliphatic heterocycles. The van der Waals surface area contributed by atoms with Crippen LogP contribution in [0.2, 0.25) is 10.2 Å². The number of aliphatic carboxylic acids is 1. The van der Waals surface area contributed by atoms with Crippen LogP contribution in [0.4, 0.5) is 8.78 Å². The number of benzene rings is 2. The number of amides is 1. The third-order valence-electron chi connectivity index (χ3n) is 6.00. The lowest BCUT2D eigenvalue weighted by molar-refractivity contribution is -0.137. The summed E-state index contributed by atoms with van der Waals surface area (Å²) in [4.78, 5) is 31.4. The smallest absolute Gasteiger partial charge is 0.303 e. The molecule has 0 radical (unpaired) electrons. The number of halogens is 5. The molecule has 3 aromatic rings. The fourth-order valence-electron chi connectivity index (χ4n) is 4.13. The lowest BCUT2D eigenvalue weighted by Gasteiger charge is -2.39. The van der Waals surface area contributed by atoms with Crippen LogP contribution >= 0.6 is 39.1 Å². The molecule has 1 aromatic heterocycles. The third kappa shape index (κ3) is 5.98. The van der Waals surface area contributed by atoms with Gasteiger partial charge in [-0.25, -0.2) is 13.8 Å². The van der Waals surface area contributed by atoms with Crippen LogP contribution in [0.25, 0.3) is 10.9 Å². The second kappa shape index (κ2) is 11.0. The lowest BCUT2D eigenvalue weighted by Crippen LogP contribution is -2.48. The zero-order chi connectivity index (χ0) is 26.9. The van der Waals surface area contributed by atoms with E-state index < -0.39 is 40.0 Å². The van der Waals surface area contributed by atoms with Crippen molar-refractivity contribution >= 4 is 61.9 Å². The Hall–Kier alpha value is -2.29. The van der Waals surface area contributed by atoms with Gasteiger partial charge in [-0.05, 0) is 70.0 Å². The standard InChI is InChI=1S/C26H25BrCl2F2N2O3/c1-13-21(16-11-15(27)6-9-19(16)32-24(13)29)25(36)33(26(2,3)4)12-14(5-10-20(34)35)22-17(30)7-8-18(31)23(22)28/h6-9,11,14H,5,10,12H2,1-4H3,(H,34,35). The molecule has 0 saturated carbocycles. The first-order chi connectivity index (χ1) is 16.7. The maximum atomic E-state index is 14.9. The summed E-state index contributed by atoms with van der Waals surface area (Å²) in [5.41, 5.74) is 0.377. The van der Waals surface area contributed by atoms with Crippen molar-refractivity contribution < 1.29 is 23.5 Å². The normalized spacial score (nSPS) is 12.6. The summed E-state index contributed by atoms with van der Waals surface area (Å²) in [6.07, 6.45) is -0.378. The van der Waals surface area contributed by atoms with Gasteiger partial charge in [0.25, 0.3) is 5.91 Å². The topological polar surface area (TPSA) is 70.5 Å². The number of hydrogen-bond acceptors (Lipinski definition) is 3. The summed E-state index contributed by atoms with van der Waals surface area (Å²) in [5.74, 6) is -3.98. The monoisotopic (exact) mass is 600 g/mol. The van der Waals surface area contributed by atoms with Crippen molar-refractivity contribution in [3.05, 3.63) is 73.3 Å². The number of nitrogens with zero attached hydrogens (tertiary/aromatic N) is 2. The van der Waals surface area contributed by atoms with E-state index in [0.29, 0.717) is 22.0 Å². The average molecular weight is 602 g/mol. The van der Waals surface area contributed by atoms with Crippen molar-refractivity contribution in [1.29, 1.82) is 0 Å². The maximum absolute atomic E-state index is 14.9. The number of rotatable bonds is 7. The molecule has 1 heterocycles. The minimum atomic E-state index is -1.10. The number of fused-ring (bicyclic) bond motifs is 1. The molecule has 0 aliphatic rings. The van der Waals surface area contributed by atoms with Crippen molar-refractivity contribution in [3.8, 4) is 0 Å². The number of hydrogen-bond donors (Lipinski definition) is 1. The predicted octanol–water partition coefficient (Wildman–Crippen LogP) is 7.78. The van der Waals surface area contributed by atoms with Gasteiger partial charge in [0.1, 0.15) is 16.8 Å². The van der Waals surface area contributed by atoms with Gasteiger partial charge in [0.2, 0.25) is 0 Å². The largest absolute Gasteiger partial charge is 0.481 e. The Morgan fingerprint density at radius 1 is 1.14 bits per heavy atom. The second-order valence-corrected chi connectivity index (χ2v) is 11.2. The Bertz CT molecular complexity index is 1350. The van der Waals surface area contributed by atoms with Gasteiger partial charge in [0.15, 0.2) is 0 Å². The highest BCUT2D eigenvalue weighted by molar-refractivity contribution is 9.10. The molecule has 2 aromatic carbocycles. The van der Waals surface area contributed by atoms with Crippen molar-refractivity contribution in [3.63, 3.8) is 0 Å². The maximum Gasteiger partial charge on any atom is 0.303 e. The lowest BCUT2D eigenvalue weighted by atomic mass is 9.90. The quantitative estimate of drug-likeness (QED) is 0.222. The van der Waals surface area contributed by atoms with Crippen molar-refractivity contribution in [2.75, 3.05) is 6.54 Å². The molecule has 1 atom stereocenters. The highest BCUT2D eigenvalue weighted by Crippen LogP contribution is 2.36. The molecule has 0 aliphatic carbocycles. The van der Waals surface area contributed by atoms with E-state index in [9.17, 15) is 23.5 Å². The van der Waals surface area contributed by atoms with E-state index in [4.69, 9.17) is 23.2 Å². The summed E-state index contributed by atoms with van der Waals surface area (Å²) in [7, 11) is 0. The fourth-order valence-corrected chi connectivity index (χ4v) is 4.99. The summed E-state index contributed by atoms with van der Waals surface area (Å²) < 4.78 is 30.0. The van der Waals surface area contributed by atoms with Crippen molar-refractivity contribution in [2.45, 2.75) is 52.0 Å². The van der Waals surface area contributed by atoms with Crippen LogP contribution in [0.3, 0.4) is 0 Å². The van der Waals surface area contributed by atoms with E-state index in [0.717, 1.165) is 16.6 Å². The molecule has 1 unspecified atom stereocenters. The van der Waals surface area contributed by atoms with E-state index in [1.54, 1.807) is 45.9 Å². The van der Waals surface area contributed by atoms with E-state index >= 15 is 0 Å². The first-order valence-corrected chi connectivity index (χ1v) is 12.7. The van der Waals surface area contributed by atoms with Gasteiger partial charge in [-0.1, -0.05) is 39.1 Å². The van der Waals surface area contributed by atoms with Crippen LogP contribution in [0.5, 0.6) is 0 Å². The predicted molar refractivity (Wildman–Crippen MR) is 141 cm³/mol. The van der Waals surface area contributed by atoms with Gasteiger partial charge in [-0.3, -0.25) is 9.59 Å². The van der Waals surface area contributed by atoms with Crippen LogP contribution in [-0.4, -0.2) is 39.0 Å². The van der Waals surface area contributed by atoms with Gasteiger partial charge >= 0.3 is 5.97 Å². The number of carboxylic acids is 1.